The van der Waals surface area contributed by atoms with Gasteiger partial charge < -0.3 is 25.0 Å². The molecule has 3 N–H and O–H groups in total. The molecule has 2 atom stereocenters. The second kappa shape index (κ2) is 8.74. The Morgan fingerprint density at radius 2 is 2.08 bits per heavy atom. The Bertz CT molecular complexity index is 1690. The molecule has 2 aliphatic heterocycles. The number of halogens is 1. The third-order valence-corrected chi connectivity index (χ3v) is 8.26. The normalized spacial score (nSPS) is 20.6. The summed E-state index contributed by atoms with van der Waals surface area (Å²) in [4.78, 5) is 43.8. The summed E-state index contributed by atoms with van der Waals surface area (Å²) in [7, 11) is 0. The number of hydrogen-bond donors (Lipinski definition) is 3. The SMILES string of the molecule is C=C(C)NCC(=O)N[C@H]1CCc2c(C)c(F)cc3nc4c(c1c23)Cn1c-4cc2c(c1=O)COC(=O)[C@]2(O)CC. The summed E-state index contributed by atoms with van der Waals surface area (Å²) < 4.78 is 21.7. The first-order chi connectivity index (χ1) is 18.5. The first-order valence-corrected chi connectivity index (χ1v) is 13.1. The number of carbonyl (C=O) groups is 2. The van der Waals surface area contributed by atoms with Crippen LogP contribution in [-0.2, 0) is 39.5 Å². The summed E-state index contributed by atoms with van der Waals surface area (Å²) in [5.41, 5.74) is 3.13. The van der Waals surface area contributed by atoms with Gasteiger partial charge in [0.25, 0.3) is 5.56 Å². The molecule has 3 aliphatic rings. The van der Waals surface area contributed by atoms with Crippen LogP contribution in [0.4, 0.5) is 4.39 Å². The lowest BCUT2D eigenvalue weighted by molar-refractivity contribution is -0.172. The number of amides is 1. The van der Waals surface area contributed by atoms with Crippen molar-refractivity contribution in [3.05, 3.63) is 74.0 Å². The highest BCUT2D eigenvalue weighted by atomic mass is 19.1. The Kier molecular flexibility index (Phi) is 5.65. The average Bonchev–Trinajstić information content (AvgIpc) is 3.27. The van der Waals surface area contributed by atoms with E-state index in [1.807, 2.05) is 0 Å². The molecule has 10 heteroatoms. The predicted molar refractivity (Wildman–Crippen MR) is 141 cm³/mol. The summed E-state index contributed by atoms with van der Waals surface area (Å²) in [6, 6.07) is 2.65. The van der Waals surface area contributed by atoms with E-state index in [4.69, 9.17) is 9.72 Å². The molecule has 39 heavy (non-hydrogen) atoms. The van der Waals surface area contributed by atoms with Gasteiger partial charge in [-0.25, -0.2) is 14.2 Å². The number of aliphatic hydroxyl groups is 1. The number of aromatic nitrogens is 2. The van der Waals surface area contributed by atoms with Crippen molar-refractivity contribution in [1.29, 1.82) is 0 Å². The number of carbonyl (C=O) groups excluding carboxylic acids is 2. The van der Waals surface area contributed by atoms with Crippen LogP contribution < -0.4 is 16.2 Å². The number of hydrogen-bond acceptors (Lipinski definition) is 7. The molecule has 0 radical (unpaired) electrons. The van der Waals surface area contributed by atoms with Crippen molar-refractivity contribution >= 4 is 22.8 Å². The Labute approximate surface area is 223 Å². The van der Waals surface area contributed by atoms with Crippen molar-refractivity contribution in [2.75, 3.05) is 6.54 Å². The molecule has 6 rings (SSSR count). The number of allylic oxidation sites excluding steroid dienone is 1. The van der Waals surface area contributed by atoms with Crippen molar-refractivity contribution in [3.63, 3.8) is 0 Å². The van der Waals surface area contributed by atoms with E-state index < -0.39 is 11.6 Å². The molecule has 0 bridgehead atoms. The summed E-state index contributed by atoms with van der Waals surface area (Å²) >= 11 is 0. The molecular formula is C29H29FN4O5. The fraction of sp³-hybridized carbons (Fsp3) is 0.379. The predicted octanol–water partition coefficient (Wildman–Crippen LogP) is 2.75. The van der Waals surface area contributed by atoms with E-state index in [0.29, 0.717) is 41.0 Å². The third kappa shape index (κ3) is 3.61. The number of ether oxygens (including phenoxy) is 1. The number of nitrogens with one attached hydrogen (secondary N) is 2. The maximum absolute atomic E-state index is 15.0. The molecule has 0 spiro atoms. The van der Waals surface area contributed by atoms with Crippen LogP contribution in [0.3, 0.4) is 0 Å². The lowest BCUT2D eigenvalue weighted by Gasteiger charge is -2.31. The van der Waals surface area contributed by atoms with Gasteiger partial charge in [-0.05, 0) is 55.9 Å². The molecule has 0 saturated carbocycles. The molecule has 9 nitrogen and oxygen atoms in total. The molecule has 0 saturated heterocycles. The van der Waals surface area contributed by atoms with Gasteiger partial charge in [-0.1, -0.05) is 13.5 Å². The molecule has 1 aliphatic carbocycles. The zero-order chi connectivity index (χ0) is 27.8. The van der Waals surface area contributed by atoms with Crippen molar-refractivity contribution in [2.24, 2.45) is 0 Å². The number of rotatable bonds is 5. The van der Waals surface area contributed by atoms with Gasteiger partial charge in [0.05, 0.1) is 41.6 Å². The summed E-state index contributed by atoms with van der Waals surface area (Å²) in [6.07, 6.45) is 1.16. The van der Waals surface area contributed by atoms with E-state index in [9.17, 15) is 23.9 Å². The van der Waals surface area contributed by atoms with Crippen LogP contribution in [0.1, 0.15) is 66.1 Å². The van der Waals surface area contributed by atoms with Crippen LogP contribution in [0.2, 0.25) is 0 Å². The van der Waals surface area contributed by atoms with Gasteiger partial charge in [0.1, 0.15) is 12.4 Å². The van der Waals surface area contributed by atoms with E-state index in [-0.39, 0.29) is 60.6 Å². The van der Waals surface area contributed by atoms with Crippen molar-refractivity contribution in [1.82, 2.24) is 20.2 Å². The highest BCUT2D eigenvalue weighted by molar-refractivity contribution is 5.94. The van der Waals surface area contributed by atoms with E-state index in [2.05, 4.69) is 17.2 Å². The monoisotopic (exact) mass is 532 g/mol. The first-order valence-electron chi connectivity index (χ1n) is 13.1. The molecule has 202 valence electrons. The van der Waals surface area contributed by atoms with Gasteiger partial charge in [-0.15, -0.1) is 0 Å². The van der Waals surface area contributed by atoms with Crippen LogP contribution >= 0.6 is 0 Å². The van der Waals surface area contributed by atoms with E-state index >= 15 is 0 Å². The largest absolute Gasteiger partial charge is 0.458 e. The zero-order valence-electron chi connectivity index (χ0n) is 22.0. The third-order valence-electron chi connectivity index (χ3n) is 8.26. The molecule has 1 aromatic carbocycles. The molecule has 0 fully saturated rings. The highest BCUT2D eigenvalue weighted by Crippen LogP contribution is 2.45. The Morgan fingerprint density at radius 3 is 2.79 bits per heavy atom. The van der Waals surface area contributed by atoms with Gasteiger partial charge >= 0.3 is 5.97 Å². The minimum atomic E-state index is -1.95. The molecular weight excluding hydrogens is 503 g/mol. The van der Waals surface area contributed by atoms with Gasteiger partial charge in [0.2, 0.25) is 5.91 Å². The number of cyclic esters (lactones) is 1. The molecule has 2 aromatic heterocycles. The summed E-state index contributed by atoms with van der Waals surface area (Å²) in [6.45, 7) is 8.96. The number of benzene rings is 1. The standard InChI is InChI=1S/C29H29FN4O5/c1-5-29(38)18-8-22-26-16(11-34(22)27(36)17(18)12-39-28(29)37)25-20(32-23(35)10-31-13(2)3)7-6-15-14(4)19(30)9-21(33-26)24(15)25/h8-9,20,31,38H,2,5-7,10-12H2,1,3-4H3,(H,32,35)/t20-,29-/m0/s1. The van der Waals surface area contributed by atoms with Crippen LogP contribution in [-0.4, -0.2) is 33.1 Å². The van der Waals surface area contributed by atoms with Crippen LogP contribution in [0, 0.1) is 12.7 Å². The van der Waals surface area contributed by atoms with E-state index in [0.717, 1.165) is 22.1 Å². The molecule has 1 amide bonds. The van der Waals surface area contributed by atoms with Gasteiger partial charge in [-0.2, -0.15) is 0 Å². The van der Waals surface area contributed by atoms with Crippen LogP contribution in [0.15, 0.2) is 29.2 Å². The second-order valence-electron chi connectivity index (χ2n) is 10.6. The van der Waals surface area contributed by atoms with Gasteiger partial charge in [0.15, 0.2) is 5.60 Å². The number of pyridine rings is 2. The average molecular weight is 533 g/mol. The van der Waals surface area contributed by atoms with Crippen molar-refractivity contribution in [3.8, 4) is 11.4 Å². The van der Waals surface area contributed by atoms with Crippen LogP contribution in [0.5, 0.6) is 0 Å². The minimum Gasteiger partial charge on any atom is -0.458 e. The first kappa shape index (κ1) is 25.2. The topological polar surface area (TPSA) is 123 Å². The van der Waals surface area contributed by atoms with Crippen LogP contribution in [0.25, 0.3) is 22.3 Å². The summed E-state index contributed by atoms with van der Waals surface area (Å²) in [5.74, 6) is -1.38. The number of nitrogens with zero attached hydrogens (tertiary/aromatic N) is 2. The summed E-state index contributed by atoms with van der Waals surface area (Å²) in [5, 5.41) is 18.0. The fourth-order valence-corrected chi connectivity index (χ4v) is 6.18. The smallest absolute Gasteiger partial charge is 0.343 e. The Hall–Kier alpha value is -4.05. The molecule has 0 unspecified atom stereocenters. The second-order valence-corrected chi connectivity index (χ2v) is 10.6. The van der Waals surface area contributed by atoms with E-state index in [1.54, 1.807) is 31.4 Å². The quantitative estimate of drug-likeness (QED) is 0.338. The molecule has 4 heterocycles. The highest BCUT2D eigenvalue weighted by Gasteiger charge is 2.46. The fourth-order valence-electron chi connectivity index (χ4n) is 6.18. The maximum atomic E-state index is 15.0. The zero-order valence-corrected chi connectivity index (χ0v) is 22.0. The van der Waals surface area contributed by atoms with Crippen molar-refractivity contribution in [2.45, 2.75) is 64.8 Å². The lowest BCUT2D eigenvalue weighted by Crippen LogP contribution is -2.44. The number of fused-ring (bicyclic) bond motifs is 5. The Morgan fingerprint density at radius 1 is 1.31 bits per heavy atom. The van der Waals surface area contributed by atoms with Gasteiger partial charge in [0, 0.05) is 28.3 Å². The number of aryl methyl sites for hydroxylation is 1. The maximum Gasteiger partial charge on any atom is 0.343 e. The lowest BCUT2D eigenvalue weighted by atomic mass is 9.81. The Balaban J connectivity index is 1.58. The minimum absolute atomic E-state index is 0.0329. The van der Waals surface area contributed by atoms with Crippen molar-refractivity contribution < 1.29 is 23.8 Å². The molecule has 3 aromatic rings. The number of esters is 1. The van der Waals surface area contributed by atoms with E-state index in [1.165, 1.54) is 6.07 Å². The van der Waals surface area contributed by atoms with Gasteiger partial charge in [-0.3, -0.25) is 9.59 Å².